The van der Waals surface area contributed by atoms with Crippen LogP contribution >= 0.6 is 0 Å². The number of nitrogens with one attached hydrogen (secondary N) is 4. The van der Waals surface area contributed by atoms with Crippen LogP contribution in [0.4, 0.5) is 30.2 Å². The summed E-state index contributed by atoms with van der Waals surface area (Å²) in [4.78, 5) is 15.9. The van der Waals surface area contributed by atoms with Gasteiger partial charge >= 0.3 is 6.18 Å². The normalized spacial score (nSPS) is 13.2. The van der Waals surface area contributed by atoms with Gasteiger partial charge in [0.25, 0.3) is 0 Å². The molecule has 0 amide bonds. The molecule has 2 aromatic carbocycles. The number of nitrogens with two attached hydrogens (primary N) is 1. The van der Waals surface area contributed by atoms with Crippen LogP contribution in [0.2, 0.25) is 0 Å². The minimum Gasteiger partial charge on any atom is -0.495 e. The second kappa shape index (κ2) is 21.7. The van der Waals surface area contributed by atoms with Gasteiger partial charge in [-0.05, 0) is 69.4 Å². The lowest BCUT2D eigenvalue weighted by molar-refractivity contribution is -0.106. The molecule has 1 saturated heterocycles. The molecule has 6 N–H and O–H groups in total. The molecule has 3 rings (SSSR count). The zero-order valence-corrected chi connectivity index (χ0v) is 24.5. The van der Waals surface area contributed by atoms with E-state index < -0.39 is 11.7 Å². The number of hydrogen-bond acceptors (Lipinski definition) is 8. The van der Waals surface area contributed by atoms with E-state index in [1.165, 1.54) is 25.4 Å². The van der Waals surface area contributed by atoms with Gasteiger partial charge in [0.05, 0.1) is 24.7 Å². The van der Waals surface area contributed by atoms with Crippen molar-refractivity contribution < 1.29 is 22.7 Å². The molecule has 9 nitrogen and oxygen atoms in total. The average Bonchev–Trinajstić information content (AvgIpc) is 2.98. The number of carbonyl (C=O) groups excluding carboxylic acids is 1. The molecule has 0 aromatic heterocycles. The van der Waals surface area contributed by atoms with Crippen LogP contribution in [-0.4, -0.2) is 65.5 Å². The van der Waals surface area contributed by atoms with Gasteiger partial charge in [0.15, 0.2) is 0 Å². The highest BCUT2D eigenvalue weighted by Gasteiger charge is 2.34. The van der Waals surface area contributed by atoms with E-state index in [0.717, 1.165) is 55.5 Å². The van der Waals surface area contributed by atoms with Crippen LogP contribution in [0.15, 0.2) is 58.6 Å². The number of rotatable bonds is 9. The Morgan fingerprint density at radius 3 is 2.37 bits per heavy atom. The lowest BCUT2D eigenvalue weighted by atomic mass is 10.1. The number of allylic oxidation sites excluding steroid dienone is 1. The zero-order valence-electron chi connectivity index (χ0n) is 24.5. The molecule has 0 aliphatic carbocycles. The molecule has 1 aliphatic rings. The SMILES string of the molecule is C=N/C=C(\c1cccc(NC)c1)C(F)(F)F.CC.CC=O.COc1cc(NC2CCNCC2)ccc1NC/N=C/N. The van der Waals surface area contributed by atoms with Gasteiger partial charge in [0, 0.05) is 36.7 Å². The summed E-state index contributed by atoms with van der Waals surface area (Å²) in [6, 6.07) is 12.6. The third-order valence-corrected chi connectivity index (χ3v) is 5.37. The average molecular weight is 580 g/mol. The summed E-state index contributed by atoms with van der Waals surface area (Å²) >= 11 is 0. The molecule has 0 spiro atoms. The Kier molecular flexibility index (Phi) is 19.6. The predicted molar refractivity (Wildman–Crippen MR) is 166 cm³/mol. The number of carbonyl (C=O) groups is 1. The van der Waals surface area contributed by atoms with Crippen molar-refractivity contribution >= 4 is 42.0 Å². The summed E-state index contributed by atoms with van der Waals surface area (Å²) < 4.78 is 43.4. The highest BCUT2D eigenvalue weighted by atomic mass is 19.4. The van der Waals surface area contributed by atoms with Crippen LogP contribution in [0.25, 0.3) is 5.57 Å². The summed E-state index contributed by atoms with van der Waals surface area (Å²) in [5.41, 5.74) is 7.07. The fraction of sp³-hybridized carbons (Fsp3) is 0.414. The quantitative estimate of drug-likeness (QED) is 0.145. The first-order valence-electron chi connectivity index (χ1n) is 13.2. The largest absolute Gasteiger partial charge is 0.495 e. The summed E-state index contributed by atoms with van der Waals surface area (Å²) in [7, 11) is 3.31. The van der Waals surface area contributed by atoms with Crippen LogP contribution in [0, 0.1) is 0 Å². The molecule has 1 fully saturated rings. The number of halogens is 3. The number of anilines is 3. The number of nitrogens with zero attached hydrogens (tertiary/aromatic N) is 2. The zero-order chi connectivity index (χ0) is 31.1. The molecular formula is C29H44F3N7O2. The number of benzene rings is 2. The number of ether oxygens (including phenoxy) is 1. The van der Waals surface area contributed by atoms with Gasteiger partial charge in [-0.1, -0.05) is 26.0 Å². The van der Waals surface area contributed by atoms with Gasteiger partial charge in [0.2, 0.25) is 0 Å². The molecule has 0 atom stereocenters. The highest BCUT2D eigenvalue weighted by Crippen LogP contribution is 2.34. The molecule has 41 heavy (non-hydrogen) atoms. The summed E-state index contributed by atoms with van der Waals surface area (Å²) in [5, 5.41) is 12.8. The molecule has 2 aromatic rings. The second-order valence-electron chi connectivity index (χ2n) is 8.04. The molecular weight excluding hydrogens is 535 g/mol. The molecule has 0 unspecified atom stereocenters. The molecule has 0 saturated carbocycles. The summed E-state index contributed by atoms with van der Waals surface area (Å²) in [6.07, 6.45) is 0.607. The third-order valence-electron chi connectivity index (χ3n) is 5.37. The maximum absolute atomic E-state index is 12.7. The van der Waals surface area contributed by atoms with Crippen molar-refractivity contribution in [1.29, 1.82) is 0 Å². The van der Waals surface area contributed by atoms with E-state index in [0.29, 0.717) is 18.4 Å². The van der Waals surface area contributed by atoms with Crippen molar-refractivity contribution in [1.82, 2.24) is 5.32 Å². The lowest BCUT2D eigenvalue weighted by Crippen LogP contribution is -2.35. The Labute approximate surface area is 241 Å². The molecule has 1 aliphatic heterocycles. The van der Waals surface area contributed by atoms with Crippen LogP contribution in [0.3, 0.4) is 0 Å². The number of methoxy groups -OCH3 is 1. The summed E-state index contributed by atoms with van der Waals surface area (Å²) in [6.45, 7) is 11.1. The summed E-state index contributed by atoms with van der Waals surface area (Å²) in [5.74, 6) is 0.802. The molecule has 1 heterocycles. The van der Waals surface area contributed by atoms with E-state index in [1.807, 2.05) is 26.0 Å². The first kappa shape index (κ1) is 36.9. The van der Waals surface area contributed by atoms with E-state index in [9.17, 15) is 13.2 Å². The van der Waals surface area contributed by atoms with Crippen LogP contribution in [0.5, 0.6) is 5.75 Å². The third kappa shape index (κ3) is 14.8. The molecule has 0 bridgehead atoms. The first-order chi connectivity index (χ1) is 19.7. The Balaban J connectivity index is 0.000000687. The Hall–Kier alpha value is -4.06. The fourth-order valence-corrected chi connectivity index (χ4v) is 3.56. The maximum Gasteiger partial charge on any atom is 0.418 e. The minimum atomic E-state index is -4.44. The van der Waals surface area contributed by atoms with Gasteiger partial charge in [-0.25, -0.2) is 0 Å². The van der Waals surface area contributed by atoms with Gasteiger partial charge in [-0.3, -0.25) is 9.98 Å². The van der Waals surface area contributed by atoms with Gasteiger partial charge in [-0.15, -0.1) is 0 Å². The van der Waals surface area contributed by atoms with Gasteiger partial charge in [-0.2, -0.15) is 13.2 Å². The Bertz CT molecular complexity index is 1070. The van der Waals surface area contributed by atoms with Crippen LogP contribution in [-0.2, 0) is 4.79 Å². The smallest absolute Gasteiger partial charge is 0.418 e. The van der Waals surface area contributed by atoms with E-state index >= 15 is 0 Å². The van der Waals surface area contributed by atoms with Gasteiger partial charge < -0.3 is 36.5 Å². The van der Waals surface area contributed by atoms with Crippen molar-refractivity contribution in [3.8, 4) is 5.75 Å². The monoisotopic (exact) mass is 579 g/mol. The number of aldehydes is 1. The van der Waals surface area contributed by atoms with Crippen molar-refractivity contribution in [2.24, 2.45) is 15.7 Å². The number of aliphatic imine (C=N–C) groups is 2. The number of hydrogen-bond donors (Lipinski definition) is 5. The number of piperidine rings is 1. The minimum absolute atomic E-state index is 0.0618. The Morgan fingerprint density at radius 2 is 1.83 bits per heavy atom. The fourth-order valence-electron chi connectivity index (χ4n) is 3.56. The van der Waals surface area contributed by atoms with Crippen molar-refractivity contribution in [3.05, 3.63) is 54.2 Å². The first-order valence-corrected chi connectivity index (χ1v) is 13.2. The molecule has 0 radical (unpaired) electrons. The van der Waals surface area contributed by atoms with Crippen molar-refractivity contribution in [3.63, 3.8) is 0 Å². The second-order valence-corrected chi connectivity index (χ2v) is 8.04. The molecule has 12 heteroatoms. The molecule has 228 valence electrons. The van der Waals surface area contributed by atoms with Crippen LogP contribution < -0.4 is 31.7 Å². The van der Waals surface area contributed by atoms with Crippen molar-refractivity contribution in [2.75, 3.05) is 49.9 Å². The predicted octanol–water partition coefficient (Wildman–Crippen LogP) is 5.78. The lowest BCUT2D eigenvalue weighted by Gasteiger charge is -2.25. The van der Waals surface area contributed by atoms with E-state index in [1.54, 1.807) is 26.3 Å². The van der Waals surface area contributed by atoms with E-state index in [-0.39, 0.29) is 5.56 Å². The maximum atomic E-state index is 12.7. The van der Waals surface area contributed by atoms with E-state index in [2.05, 4.69) is 44.0 Å². The topological polar surface area (TPSA) is 125 Å². The highest BCUT2D eigenvalue weighted by molar-refractivity contribution is 5.72. The number of alkyl halides is 3. The Morgan fingerprint density at radius 1 is 1.17 bits per heavy atom. The van der Waals surface area contributed by atoms with E-state index in [4.69, 9.17) is 15.3 Å². The van der Waals surface area contributed by atoms with Crippen LogP contribution in [0.1, 0.15) is 39.2 Å². The van der Waals surface area contributed by atoms with Gasteiger partial charge in [0.1, 0.15) is 18.7 Å². The van der Waals surface area contributed by atoms with Crippen molar-refractivity contribution in [2.45, 2.75) is 45.8 Å². The standard InChI is InChI=1S/C14H23N5O.C11H11F3N2.C2H4O.C2H6/c1-20-14-8-12(19-11-4-6-16-7-5-11)2-3-13(14)18-10-17-9-15;1-15-7-10(11(12,13)14)8-4-3-5-9(6-8)16-2;1-2-3;1-2/h2-3,8-9,11,16,18-19H,4-7,10H2,1H3,(H2,15,17);3-7,16H,1H2,2H3;2H,1H3;1-2H3/b;10-7+;;.